The molecule has 5 heteroatoms. The largest absolute Gasteiger partial charge is 0.485 e. The Morgan fingerprint density at radius 2 is 1.92 bits per heavy atom. The third kappa shape index (κ3) is 4.41. The van der Waals surface area contributed by atoms with Crippen molar-refractivity contribution in [3.8, 4) is 16.9 Å². The van der Waals surface area contributed by atoms with Crippen LogP contribution >= 0.6 is 0 Å². The Morgan fingerprint density at radius 3 is 2.72 bits per heavy atom. The molecule has 0 bridgehead atoms. The highest BCUT2D eigenvalue weighted by Crippen LogP contribution is 2.49. The van der Waals surface area contributed by atoms with E-state index in [1.807, 2.05) is 50.2 Å². The summed E-state index contributed by atoms with van der Waals surface area (Å²) in [6.45, 7) is 8.70. The van der Waals surface area contributed by atoms with Crippen molar-refractivity contribution in [2.45, 2.75) is 46.6 Å². The SMILES string of the molecule is CCOC(=O)Cc1ccc(C)cc1OC1c2cc(-c3cccc4c(N)nccc34)ccc2CC1(C)C. The molecule has 5 rings (SSSR count). The summed E-state index contributed by atoms with van der Waals surface area (Å²) in [6.07, 6.45) is 2.71. The van der Waals surface area contributed by atoms with Crippen LogP contribution in [-0.2, 0) is 22.4 Å². The first kappa shape index (κ1) is 23.9. The summed E-state index contributed by atoms with van der Waals surface area (Å²) >= 11 is 0. The first-order valence-corrected chi connectivity index (χ1v) is 12.4. The number of hydrogen-bond acceptors (Lipinski definition) is 5. The van der Waals surface area contributed by atoms with Crippen LogP contribution in [0, 0.1) is 12.3 Å². The van der Waals surface area contributed by atoms with Crippen molar-refractivity contribution in [1.82, 2.24) is 4.98 Å². The van der Waals surface area contributed by atoms with Gasteiger partial charge in [-0.3, -0.25) is 4.79 Å². The third-order valence-electron chi connectivity index (χ3n) is 7.04. The van der Waals surface area contributed by atoms with Gasteiger partial charge in [0.05, 0.1) is 13.0 Å². The molecule has 1 aromatic heterocycles. The zero-order chi connectivity index (χ0) is 25.4. The molecule has 4 aromatic rings. The quantitative estimate of drug-likeness (QED) is 0.315. The van der Waals surface area contributed by atoms with Crippen molar-refractivity contribution >= 4 is 22.6 Å². The van der Waals surface area contributed by atoms with Crippen molar-refractivity contribution in [3.63, 3.8) is 0 Å². The lowest BCUT2D eigenvalue weighted by Crippen LogP contribution is -2.23. The summed E-state index contributed by atoms with van der Waals surface area (Å²) in [7, 11) is 0. The van der Waals surface area contributed by atoms with E-state index < -0.39 is 0 Å². The molecule has 1 aliphatic carbocycles. The normalized spacial score (nSPS) is 16.1. The number of aryl methyl sites for hydroxylation is 1. The van der Waals surface area contributed by atoms with Crippen LogP contribution in [0.15, 0.2) is 66.9 Å². The summed E-state index contributed by atoms with van der Waals surface area (Å²) in [5.41, 5.74) is 12.7. The minimum absolute atomic E-state index is 0.112. The molecule has 0 saturated carbocycles. The summed E-state index contributed by atoms with van der Waals surface area (Å²) in [6, 6.07) is 20.8. The smallest absolute Gasteiger partial charge is 0.310 e. The van der Waals surface area contributed by atoms with Gasteiger partial charge in [0.15, 0.2) is 0 Å². The topological polar surface area (TPSA) is 74.4 Å². The van der Waals surface area contributed by atoms with E-state index in [1.54, 1.807) is 6.20 Å². The van der Waals surface area contributed by atoms with Gasteiger partial charge in [0.1, 0.15) is 17.7 Å². The molecule has 2 N–H and O–H groups in total. The van der Waals surface area contributed by atoms with Gasteiger partial charge in [0.2, 0.25) is 0 Å². The molecule has 1 heterocycles. The van der Waals surface area contributed by atoms with E-state index in [-0.39, 0.29) is 23.9 Å². The fourth-order valence-electron chi connectivity index (χ4n) is 5.29. The van der Waals surface area contributed by atoms with Crippen LogP contribution in [0.1, 0.15) is 49.1 Å². The van der Waals surface area contributed by atoms with Gasteiger partial charge < -0.3 is 15.2 Å². The Hall–Kier alpha value is -3.86. The molecule has 3 aromatic carbocycles. The first-order chi connectivity index (χ1) is 17.3. The van der Waals surface area contributed by atoms with Crippen LogP contribution in [0.5, 0.6) is 5.75 Å². The van der Waals surface area contributed by atoms with Crippen LogP contribution in [0.2, 0.25) is 0 Å². The summed E-state index contributed by atoms with van der Waals surface area (Å²) in [5.74, 6) is 1.03. The third-order valence-corrected chi connectivity index (χ3v) is 7.04. The zero-order valence-electron chi connectivity index (χ0n) is 21.3. The minimum atomic E-state index is -0.246. The lowest BCUT2D eigenvalue weighted by atomic mass is 9.87. The number of fused-ring (bicyclic) bond motifs is 2. The molecule has 0 radical (unpaired) electrons. The van der Waals surface area contributed by atoms with Crippen molar-refractivity contribution in [3.05, 3.63) is 89.1 Å². The lowest BCUT2D eigenvalue weighted by Gasteiger charge is -2.29. The Morgan fingerprint density at radius 1 is 1.08 bits per heavy atom. The number of carbonyl (C=O) groups is 1. The molecular weight excluding hydrogens is 448 g/mol. The highest BCUT2D eigenvalue weighted by molar-refractivity contribution is 6.01. The van der Waals surface area contributed by atoms with E-state index in [2.05, 4.69) is 43.1 Å². The van der Waals surface area contributed by atoms with Crippen LogP contribution < -0.4 is 10.5 Å². The van der Waals surface area contributed by atoms with Gasteiger partial charge in [0.25, 0.3) is 0 Å². The Bertz CT molecular complexity index is 1460. The Kier molecular flexibility index (Phi) is 6.17. The van der Waals surface area contributed by atoms with Gasteiger partial charge >= 0.3 is 5.97 Å². The Labute approximate surface area is 212 Å². The maximum atomic E-state index is 12.3. The van der Waals surface area contributed by atoms with Gasteiger partial charge in [-0.15, -0.1) is 0 Å². The second kappa shape index (κ2) is 9.30. The number of carbonyl (C=O) groups excluding carboxylic acids is 1. The highest BCUT2D eigenvalue weighted by Gasteiger charge is 2.41. The fraction of sp³-hybridized carbons (Fsp3) is 0.290. The fourth-order valence-corrected chi connectivity index (χ4v) is 5.29. The molecule has 0 spiro atoms. The molecule has 1 atom stereocenters. The molecule has 0 aliphatic heterocycles. The molecule has 36 heavy (non-hydrogen) atoms. The maximum absolute atomic E-state index is 12.3. The van der Waals surface area contributed by atoms with E-state index in [4.69, 9.17) is 15.2 Å². The molecule has 0 amide bonds. The van der Waals surface area contributed by atoms with Crippen LogP contribution in [0.25, 0.3) is 21.9 Å². The number of hydrogen-bond donors (Lipinski definition) is 1. The number of esters is 1. The van der Waals surface area contributed by atoms with E-state index in [0.717, 1.165) is 45.2 Å². The minimum Gasteiger partial charge on any atom is -0.485 e. The van der Waals surface area contributed by atoms with E-state index >= 15 is 0 Å². The average Bonchev–Trinajstić information content (AvgIpc) is 3.09. The van der Waals surface area contributed by atoms with Crippen LogP contribution in [0.3, 0.4) is 0 Å². The van der Waals surface area contributed by atoms with Crippen LogP contribution in [0.4, 0.5) is 5.82 Å². The maximum Gasteiger partial charge on any atom is 0.310 e. The van der Waals surface area contributed by atoms with Crippen molar-refractivity contribution in [2.75, 3.05) is 12.3 Å². The molecule has 184 valence electrons. The van der Waals surface area contributed by atoms with Gasteiger partial charge in [0, 0.05) is 22.6 Å². The molecular formula is C31H32N2O3. The number of nitrogens with two attached hydrogens (primary N) is 1. The van der Waals surface area contributed by atoms with Crippen molar-refractivity contribution in [1.29, 1.82) is 0 Å². The van der Waals surface area contributed by atoms with E-state index in [1.165, 1.54) is 11.1 Å². The van der Waals surface area contributed by atoms with E-state index in [0.29, 0.717) is 12.4 Å². The molecule has 1 unspecified atom stereocenters. The van der Waals surface area contributed by atoms with Gasteiger partial charge in [-0.25, -0.2) is 4.98 Å². The number of benzene rings is 3. The number of rotatable bonds is 6. The molecule has 0 fully saturated rings. The number of ether oxygens (including phenoxy) is 2. The summed E-state index contributed by atoms with van der Waals surface area (Å²) < 4.78 is 12.0. The van der Waals surface area contributed by atoms with Gasteiger partial charge in [-0.05, 0) is 71.7 Å². The second-order valence-electron chi connectivity index (χ2n) is 10.3. The standard InChI is InChI=1S/C31H32N2O3/c1-5-35-28(34)17-21-10-9-19(2)15-27(21)36-29-26-16-20(11-12-22(26)18-31(29,3)4)23-7-6-8-25-24(23)13-14-33-30(25)32/h6-16,29H,5,17-18H2,1-4H3,(H2,32,33). The zero-order valence-corrected chi connectivity index (χ0v) is 21.3. The van der Waals surface area contributed by atoms with Crippen molar-refractivity contribution in [2.24, 2.45) is 5.41 Å². The highest BCUT2D eigenvalue weighted by atomic mass is 16.5. The van der Waals surface area contributed by atoms with E-state index in [9.17, 15) is 4.79 Å². The summed E-state index contributed by atoms with van der Waals surface area (Å²) in [5, 5.41) is 2.03. The van der Waals surface area contributed by atoms with Crippen molar-refractivity contribution < 1.29 is 14.3 Å². The molecule has 0 saturated heterocycles. The number of nitrogens with zero attached hydrogens (tertiary/aromatic N) is 1. The summed E-state index contributed by atoms with van der Waals surface area (Å²) in [4.78, 5) is 16.5. The van der Waals surface area contributed by atoms with Gasteiger partial charge in [-0.2, -0.15) is 0 Å². The predicted molar refractivity (Wildman–Crippen MR) is 144 cm³/mol. The lowest BCUT2D eigenvalue weighted by molar-refractivity contribution is -0.142. The van der Waals surface area contributed by atoms with Crippen LogP contribution in [-0.4, -0.2) is 17.6 Å². The number of pyridine rings is 1. The predicted octanol–water partition coefficient (Wildman–Crippen LogP) is 6.60. The monoisotopic (exact) mass is 480 g/mol. The first-order valence-electron chi connectivity index (χ1n) is 12.4. The Balaban J connectivity index is 1.55. The average molecular weight is 481 g/mol. The van der Waals surface area contributed by atoms with Gasteiger partial charge in [-0.1, -0.05) is 56.3 Å². The number of nitrogen functional groups attached to an aromatic ring is 1. The molecule has 5 nitrogen and oxygen atoms in total. The number of anilines is 1. The number of aromatic nitrogens is 1. The molecule has 1 aliphatic rings. The second-order valence-corrected chi connectivity index (χ2v) is 10.3.